The van der Waals surface area contributed by atoms with E-state index in [1.807, 2.05) is 26.8 Å². The van der Waals surface area contributed by atoms with Crippen molar-refractivity contribution in [2.45, 2.75) is 51.4 Å². The monoisotopic (exact) mass is 382 g/mol. The van der Waals surface area contributed by atoms with E-state index in [0.29, 0.717) is 5.56 Å². The minimum Gasteiger partial charge on any atom is -0.481 e. The summed E-state index contributed by atoms with van der Waals surface area (Å²) in [5, 5.41) is 17.9. The van der Waals surface area contributed by atoms with E-state index in [1.165, 1.54) is 0 Å². The summed E-state index contributed by atoms with van der Waals surface area (Å²) >= 11 is 0. The number of carboxylic acids is 2. The third-order valence-electron chi connectivity index (χ3n) is 4.80. The van der Waals surface area contributed by atoms with E-state index in [9.17, 15) is 14.0 Å². The van der Waals surface area contributed by atoms with Gasteiger partial charge in [-0.1, -0.05) is 51.1 Å². The van der Waals surface area contributed by atoms with Crippen LogP contribution in [-0.2, 0) is 14.0 Å². The van der Waals surface area contributed by atoms with Crippen LogP contribution in [0.25, 0.3) is 0 Å². The van der Waals surface area contributed by atoms with Gasteiger partial charge >= 0.3 is 11.9 Å². The Morgan fingerprint density at radius 3 is 2.00 bits per heavy atom. The Labute approximate surface area is 154 Å². The van der Waals surface area contributed by atoms with Gasteiger partial charge in [0.05, 0.1) is 0 Å². The van der Waals surface area contributed by atoms with Crippen LogP contribution in [0.2, 0.25) is 18.1 Å². The highest BCUT2D eigenvalue weighted by atomic mass is 28.4. The number of halogens is 1. The van der Waals surface area contributed by atoms with E-state index >= 15 is 0 Å². The predicted molar refractivity (Wildman–Crippen MR) is 100 cm³/mol. The zero-order valence-corrected chi connectivity index (χ0v) is 16.4. The summed E-state index contributed by atoms with van der Waals surface area (Å²) in [6, 6.07) is 11.4. The molecule has 0 saturated heterocycles. The van der Waals surface area contributed by atoms with Crippen molar-refractivity contribution in [2.75, 3.05) is 0 Å². The Hall–Kier alpha value is -1.99. The largest absolute Gasteiger partial charge is 0.481 e. The molecular formula is C19H27FO5Si. The first-order valence-corrected chi connectivity index (χ1v) is 11.4. The molecule has 5 nitrogen and oxygen atoms in total. The second kappa shape index (κ2) is 10.2. The van der Waals surface area contributed by atoms with E-state index in [4.69, 9.17) is 14.6 Å². The second-order valence-corrected chi connectivity index (χ2v) is 10.9. The van der Waals surface area contributed by atoms with Gasteiger partial charge in [0.15, 0.2) is 14.2 Å². The van der Waals surface area contributed by atoms with Crippen molar-refractivity contribution in [2.24, 2.45) is 5.92 Å². The lowest BCUT2D eigenvalue weighted by Crippen LogP contribution is -2.37. The van der Waals surface area contributed by atoms with E-state index < -0.39 is 44.5 Å². The van der Waals surface area contributed by atoms with Gasteiger partial charge in [0.1, 0.15) is 11.9 Å². The van der Waals surface area contributed by atoms with E-state index in [1.54, 1.807) is 24.3 Å². The van der Waals surface area contributed by atoms with Crippen molar-refractivity contribution in [3.05, 3.63) is 47.8 Å². The highest BCUT2D eigenvalue weighted by Gasteiger charge is 2.34. The molecule has 0 aliphatic heterocycles. The molecule has 1 rings (SSSR count). The van der Waals surface area contributed by atoms with Crippen LogP contribution >= 0.6 is 0 Å². The average Bonchev–Trinajstić information content (AvgIpc) is 2.63. The Kier molecular flexibility index (Phi) is 8.67. The van der Waals surface area contributed by atoms with Crippen LogP contribution in [0.5, 0.6) is 0 Å². The molecule has 0 amide bonds. The number of carbonyl (C=O) groups is 2. The van der Waals surface area contributed by atoms with E-state index in [0.717, 1.165) is 24.2 Å². The maximum atomic E-state index is 15.0. The molecule has 1 unspecified atom stereocenters. The van der Waals surface area contributed by atoms with Crippen LogP contribution in [0.4, 0.5) is 4.39 Å². The molecule has 7 heteroatoms. The molecule has 1 aromatic carbocycles. The summed E-state index contributed by atoms with van der Waals surface area (Å²) in [7, 11) is -2.14. The normalized spacial score (nSPS) is 13.7. The number of hydrogen-bond donors (Lipinski definition) is 2. The number of rotatable bonds is 11. The zero-order chi connectivity index (χ0) is 19.7. The third kappa shape index (κ3) is 5.78. The Morgan fingerprint density at radius 2 is 1.58 bits per heavy atom. The zero-order valence-electron chi connectivity index (χ0n) is 15.4. The molecule has 144 valence electrons. The summed E-state index contributed by atoms with van der Waals surface area (Å²) in [4.78, 5) is 22.0. The molecule has 2 N–H and O–H groups in total. The van der Waals surface area contributed by atoms with Gasteiger partial charge in [-0.25, -0.2) is 4.39 Å². The van der Waals surface area contributed by atoms with Gasteiger partial charge in [-0.15, -0.1) is 0 Å². The summed E-state index contributed by atoms with van der Waals surface area (Å²) < 4.78 is 21.2. The molecular weight excluding hydrogens is 355 g/mol. The summed E-state index contributed by atoms with van der Waals surface area (Å²) in [5.41, 5.74) is 0.635. The number of carboxylic acid groups (broad SMARTS) is 2. The van der Waals surface area contributed by atoms with Gasteiger partial charge in [-0.05, 0) is 36.2 Å². The molecule has 1 aromatic rings. The maximum absolute atomic E-state index is 15.0. The van der Waals surface area contributed by atoms with Crippen molar-refractivity contribution in [1.29, 1.82) is 0 Å². The molecule has 0 fully saturated rings. The fourth-order valence-electron chi connectivity index (χ4n) is 2.81. The lowest BCUT2D eigenvalue weighted by atomic mass is 10.0. The summed E-state index contributed by atoms with van der Waals surface area (Å²) in [6.45, 7) is 6.11. The lowest BCUT2D eigenvalue weighted by molar-refractivity contribution is -0.154. The molecule has 0 saturated carbocycles. The number of benzene rings is 1. The Morgan fingerprint density at radius 1 is 1.08 bits per heavy atom. The van der Waals surface area contributed by atoms with Crippen LogP contribution in [0.3, 0.4) is 0 Å². The van der Waals surface area contributed by atoms with Gasteiger partial charge in [-0.3, -0.25) is 9.59 Å². The average molecular weight is 383 g/mol. The maximum Gasteiger partial charge on any atom is 0.318 e. The summed E-state index contributed by atoms with van der Waals surface area (Å²) in [5.74, 6) is -5.30. The van der Waals surface area contributed by atoms with Gasteiger partial charge < -0.3 is 14.6 Å². The number of hydrogen-bond acceptors (Lipinski definition) is 3. The fraction of sp³-hybridized carbons (Fsp3) is 0.474. The second-order valence-electron chi connectivity index (χ2n) is 6.21. The molecule has 1 atom stereocenters. The van der Waals surface area contributed by atoms with Crippen LogP contribution in [0, 0.1) is 5.92 Å². The van der Waals surface area contributed by atoms with E-state index in [2.05, 4.69) is 0 Å². The molecule has 0 heterocycles. The highest BCUT2D eigenvalue weighted by Crippen LogP contribution is 2.35. The molecule has 0 aromatic heterocycles. The van der Waals surface area contributed by atoms with E-state index in [-0.39, 0.29) is 0 Å². The van der Waals surface area contributed by atoms with Crippen LogP contribution in [0.1, 0.15) is 38.9 Å². The van der Waals surface area contributed by atoms with Gasteiger partial charge in [-0.2, -0.15) is 0 Å². The Bertz CT molecular complexity index is 606. The Balaban J connectivity index is 3.17. The van der Waals surface area contributed by atoms with Crippen molar-refractivity contribution in [3.8, 4) is 0 Å². The van der Waals surface area contributed by atoms with Crippen molar-refractivity contribution < 1.29 is 28.6 Å². The first kappa shape index (κ1) is 22.0. The minimum absolute atomic E-state index is 0.428. The topological polar surface area (TPSA) is 83.8 Å². The quantitative estimate of drug-likeness (QED) is 0.425. The lowest BCUT2D eigenvalue weighted by Gasteiger charge is -2.33. The van der Waals surface area contributed by atoms with Gasteiger partial charge in [0, 0.05) is 0 Å². The van der Waals surface area contributed by atoms with Crippen LogP contribution in [0.15, 0.2) is 42.2 Å². The van der Waals surface area contributed by atoms with Crippen molar-refractivity contribution >= 4 is 20.3 Å². The minimum atomic E-state index is -2.14. The van der Waals surface area contributed by atoms with Crippen molar-refractivity contribution in [1.82, 2.24) is 0 Å². The van der Waals surface area contributed by atoms with Crippen molar-refractivity contribution in [3.63, 3.8) is 0 Å². The molecule has 0 spiro atoms. The highest BCUT2D eigenvalue weighted by molar-refractivity contribution is 6.73. The molecule has 0 aliphatic carbocycles. The molecule has 26 heavy (non-hydrogen) atoms. The van der Waals surface area contributed by atoms with Crippen LogP contribution < -0.4 is 0 Å². The molecule has 0 radical (unpaired) electrons. The first-order valence-electron chi connectivity index (χ1n) is 8.84. The standard InChI is InChI=1S/C19H27FO5Si/c1-4-26(5-2,6-3)25-17(14-10-8-7-9-11-14)16(20)13-12-15(18(21)22)19(23)24/h7-11,13,15,17H,4-6,12H2,1-3H3,(H,21,22)(H,23,24)/b16-13-. The molecule has 0 aliphatic rings. The first-order chi connectivity index (χ1) is 12.3. The predicted octanol–water partition coefficient (Wildman–Crippen LogP) is 4.78. The smallest absolute Gasteiger partial charge is 0.318 e. The van der Waals surface area contributed by atoms with Gasteiger partial charge in [0.2, 0.25) is 0 Å². The SMILES string of the molecule is CC[Si](CC)(CC)OC(/C(F)=C/CC(C(=O)O)C(=O)O)c1ccccc1. The molecule has 0 bridgehead atoms. The third-order valence-corrected chi connectivity index (χ3v) is 9.40. The fourth-order valence-corrected chi connectivity index (χ4v) is 5.55. The number of allylic oxidation sites excluding steroid dienone is 1. The van der Waals surface area contributed by atoms with Crippen LogP contribution in [-0.4, -0.2) is 30.5 Å². The summed E-state index contributed by atoms with van der Waals surface area (Å²) in [6.07, 6.45) is -0.335. The van der Waals surface area contributed by atoms with Gasteiger partial charge in [0.25, 0.3) is 0 Å². The number of aliphatic carboxylic acids is 2.